The van der Waals surface area contributed by atoms with Crippen molar-refractivity contribution in [2.45, 2.75) is 49.6 Å². The average Bonchev–Trinajstić information content (AvgIpc) is 3.12. The Labute approximate surface area is 173 Å². The number of piperidine rings is 1. The summed E-state index contributed by atoms with van der Waals surface area (Å²) in [6.45, 7) is 0.608. The van der Waals surface area contributed by atoms with Gasteiger partial charge in [0.15, 0.2) is 0 Å². The Morgan fingerprint density at radius 1 is 1.13 bits per heavy atom. The fourth-order valence-corrected chi connectivity index (χ4v) is 4.54. The maximum Gasteiger partial charge on any atom is 0.404 e. The van der Waals surface area contributed by atoms with Gasteiger partial charge >= 0.3 is 6.09 Å². The van der Waals surface area contributed by atoms with Crippen LogP contribution in [0, 0.1) is 5.82 Å². The van der Waals surface area contributed by atoms with Crippen LogP contribution in [0.2, 0.25) is 0 Å². The summed E-state index contributed by atoms with van der Waals surface area (Å²) in [6, 6.07) is 7.99. The molecule has 2 fully saturated rings. The summed E-state index contributed by atoms with van der Waals surface area (Å²) in [7, 11) is 0. The van der Waals surface area contributed by atoms with Crippen molar-refractivity contribution in [3.63, 3.8) is 0 Å². The summed E-state index contributed by atoms with van der Waals surface area (Å²) in [6.07, 6.45) is 1.62. The predicted molar refractivity (Wildman–Crippen MR) is 104 cm³/mol. The Hall–Kier alpha value is -2.81. The number of carbonyl (C=O) groups is 1. The summed E-state index contributed by atoms with van der Waals surface area (Å²) in [5, 5.41) is 0. The predicted octanol–water partition coefficient (Wildman–Crippen LogP) is 2.82. The smallest absolute Gasteiger partial charge is 0.404 e. The van der Waals surface area contributed by atoms with E-state index < -0.39 is 18.4 Å². The molecule has 1 aromatic carbocycles. The third kappa shape index (κ3) is 4.84. The van der Waals surface area contributed by atoms with Crippen LogP contribution in [0.4, 0.5) is 13.6 Å². The molecule has 1 saturated heterocycles. The third-order valence-electron chi connectivity index (χ3n) is 5.78. The molecular weight excluding hydrogens is 394 g/mol. The maximum absolute atomic E-state index is 14.4. The van der Waals surface area contributed by atoms with Crippen LogP contribution in [-0.4, -0.2) is 58.5 Å². The van der Waals surface area contributed by atoms with Gasteiger partial charge in [0, 0.05) is 37.8 Å². The summed E-state index contributed by atoms with van der Waals surface area (Å²) in [5.41, 5.74) is 6.14. The van der Waals surface area contributed by atoms with Crippen molar-refractivity contribution in [1.29, 1.82) is 0 Å². The zero-order valence-corrected chi connectivity index (χ0v) is 16.4. The number of nitrogens with two attached hydrogens (primary N) is 1. The molecule has 5 atom stereocenters. The minimum absolute atomic E-state index is 0.118. The molecule has 2 aromatic rings. The van der Waals surface area contributed by atoms with Gasteiger partial charge in [-0.2, -0.15) is 0 Å². The number of likely N-dealkylation sites (tertiary alicyclic amines) is 1. The molecule has 2 aliphatic rings. The molecule has 30 heavy (non-hydrogen) atoms. The van der Waals surface area contributed by atoms with Gasteiger partial charge in [-0.15, -0.1) is 0 Å². The first-order chi connectivity index (χ1) is 14.5. The number of primary amides is 1. The topological polar surface area (TPSA) is 90.6 Å². The number of hydrogen-bond acceptors (Lipinski definition) is 6. The molecule has 1 saturated carbocycles. The minimum Gasteiger partial charge on any atom is -0.473 e. The summed E-state index contributed by atoms with van der Waals surface area (Å²) < 4.78 is 39.0. The van der Waals surface area contributed by atoms with Gasteiger partial charge in [0.05, 0.1) is 0 Å². The highest BCUT2D eigenvalue weighted by Crippen LogP contribution is 2.40. The fourth-order valence-electron chi connectivity index (χ4n) is 4.54. The number of amides is 1. The van der Waals surface area contributed by atoms with Crippen LogP contribution in [0.1, 0.15) is 30.7 Å². The van der Waals surface area contributed by atoms with Crippen LogP contribution in [0.15, 0.2) is 42.9 Å². The van der Waals surface area contributed by atoms with E-state index >= 15 is 0 Å². The van der Waals surface area contributed by atoms with Crippen LogP contribution < -0.4 is 10.5 Å². The number of rotatable bonds is 5. The molecule has 0 spiro atoms. The average molecular weight is 418 g/mol. The molecule has 2 N–H and O–H groups in total. The monoisotopic (exact) mass is 418 g/mol. The molecule has 4 rings (SSSR count). The van der Waals surface area contributed by atoms with E-state index in [9.17, 15) is 13.6 Å². The van der Waals surface area contributed by atoms with E-state index in [2.05, 4.69) is 9.97 Å². The summed E-state index contributed by atoms with van der Waals surface area (Å²) >= 11 is 0. The molecule has 9 heteroatoms. The van der Waals surface area contributed by atoms with Crippen molar-refractivity contribution < 1.29 is 23.0 Å². The molecular formula is C21H24F2N4O3. The van der Waals surface area contributed by atoms with Crippen molar-refractivity contribution in [3.05, 3.63) is 54.2 Å². The molecule has 1 amide bonds. The standard InChI is InChI=1S/C21H24F2N4O3/c22-15-3-1-13(2-4-15)14-7-18(19(8-14)30-20-5-6-25-12-26-20)27-10-16(23)9-17(11-27)29-21(24)28/h1-6,12,14,16-19H,7-11H2,(H2,24,28)/t14-,16-,17+,18+,19+/m1/s1. The van der Waals surface area contributed by atoms with E-state index in [0.717, 1.165) is 5.56 Å². The highest BCUT2D eigenvalue weighted by Gasteiger charge is 2.43. The van der Waals surface area contributed by atoms with Crippen molar-refractivity contribution >= 4 is 6.09 Å². The quantitative estimate of drug-likeness (QED) is 0.803. The van der Waals surface area contributed by atoms with Gasteiger partial charge in [0.2, 0.25) is 5.88 Å². The Bertz CT molecular complexity index is 855. The van der Waals surface area contributed by atoms with Gasteiger partial charge in [-0.3, -0.25) is 4.90 Å². The van der Waals surface area contributed by atoms with Crippen molar-refractivity contribution in [2.24, 2.45) is 5.73 Å². The van der Waals surface area contributed by atoms with Crippen LogP contribution in [0.3, 0.4) is 0 Å². The van der Waals surface area contributed by atoms with Gasteiger partial charge in [-0.1, -0.05) is 12.1 Å². The first kappa shape index (κ1) is 20.5. The minimum atomic E-state index is -1.13. The molecule has 160 valence electrons. The van der Waals surface area contributed by atoms with Crippen molar-refractivity contribution in [1.82, 2.24) is 14.9 Å². The first-order valence-electron chi connectivity index (χ1n) is 10.00. The second-order valence-corrected chi connectivity index (χ2v) is 7.84. The lowest BCUT2D eigenvalue weighted by Crippen LogP contribution is -2.53. The van der Waals surface area contributed by atoms with E-state index in [1.54, 1.807) is 24.4 Å². The molecule has 1 aromatic heterocycles. The Morgan fingerprint density at radius 3 is 2.63 bits per heavy atom. The molecule has 2 heterocycles. The molecule has 1 aliphatic heterocycles. The zero-order valence-electron chi connectivity index (χ0n) is 16.4. The van der Waals surface area contributed by atoms with Gasteiger partial charge in [-0.25, -0.2) is 23.5 Å². The fraction of sp³-hybridized carbons (Fsp3) is 0.476. The normalized spacial score (nSPS) is 29.5. The highest BCUT2D eigenvalue weighted by molar-refractivity contribution is 5.64. The number of nitrogens with zero attached hydrogens (tertiary/aromatic N) is 3. The third-order valence-corrected chi connectivity index (χ3v) is 5.78. The molecule has 0 radical (unpaired) electrons. The zero-order chi connectivity index (χ0) is 21.1. The van der Waals surface area contributed by atoms with Gasteiger partial charge < -0.3 is 15.2 Å². The van der Waals surface area contributed by atoms with Crippen LogP contribution in [0.5, 0.6) is 5.88 Å². The Balaban J connectivity index is 1.55. The molecule has 1 aliphatic carbocycles. The number of alkyl halides is 1. The van der Waals surface area contributed by atoms with E-state index in [1.807, 2.05) is 4.90 Å². The lowest BCUT2D eigenvalue weighted by atomic mass is 9.97. The molecule has 7 nitrogen and oxygen atoms in total. The lowest BCUT2D eigenvalue weighted by molar-refractivity contribution is -0.0212. The largest absolute Gasteiger partial charge is 0.473 e. The Kier molecular flexibility index (Phi) is 6.08. The van der Waals surface area contributed by atoms with Crippen LogP contribution in [0.25, 0.3) is 0 Å². The number of ether oxygens (including phenoxy) is 2. The molecule has 0 unspecified atom stereocenters. The van der Waals surface area contributed by atoms with Crippen molar-refractivity contribution in [3.8, 4) is 5.88 Å². The van der Waals surface area contributed by atoms with E-state index in [0.29, 0.717) is 25.3 Å². The van der Waals surface area contributed by atoms with E-state index in [1.165, 1.54) is 18.5 Å². The number of benzene rings is 1. The lowest BCUT2D eigenvalue weighted by Gasteiger charge is -2.39. The van der Waals surface area contributed by atoms with Crippen LogP contribution >= 0.6 is 0 Å². The number of halogens is 2. The molecule has 0 bridgehead atoms. The number of carbonyl (C=O) groups excluding carboxylic acids is 1. The number of hydrogen-bond donors (Lipinski definition) is 1. The highest BCUT2D eigenvalue weighted by atomic mass is 19.1. The van der Waals surface area contributed by atoms with E-state index in [-0.39, 0.29) is 36.8 Å². The maximum atomic E-state index is 14.4. The van der Waals surface area contributed by atoms with Crippen molar-refractivity contribution in [2.75, 3.05) is 13.1 Å². The second kappa shape index (κ2) is 8.91. The SMILES string of the molecule is NC(=O)O[C@H]1C[C@@H](F)CN([C@H]2C[C@@H](c3ccc(F)cc3)C[C@@H]2Oc2ccncn2)C1. The van der Waals surface area contributed by atoms with Gasteiger partial charge in [-0.05, 0) is 36.5 Å². The van der Waals surface area contributed by atoms with Crippen LogP contribution in [-0.2, 0) is 4.74 Å². The summed E-state index contributed by atoms with van der Waals surface area (Å²) in [4.78, 5) is 21.2. The summed E-state index contributed by atoms with van der Waals surface area (Å²) in [5.74, 6) is 0.279. The second-order valence-electron chi connectivity index (χ2n) is 7.84. The first-order valence-corrected chi connectivity index (χ1v) is 10.00. The van der Waals surface area contributed by atoms with E-state index in [4.69, 9.17) is 15.2 Å². The van der Waals surface area contributed by atoms with Gasteiger partial charge in [0.25, 0.3) is 0 Å². The Morgan fingerprint density at radius 2 is 1.93 bits per heavy atom. The van der Waals surface area contributed by atoms with Gasteiger partial charge in [0.1, 0.15) is 30.5 Å². The number of aromatic nitrogens is 2.